The summed E-state index contributed by atoms with van der Waals surface area (Å²) in [6.45, 7) is 0.538. The van der Waals surface area contributed by atoms with Crippen molar-refractivity contribution in [3.8, 4) is 17.2 Å². The fourth-order valence-electron chi connectivity index (χ4n) is 3.57. The van der Waals surface area contributed by atoms with Gasteiger partial charge in [0, 0.05) is 13.1 Å². The van der Waals surface area contributed by atoms with E-state index < -0.39 is 15.9 Å². The first-order valence-electron chi connectivity index (χ1n) is 9.74. The van der Waals surface area contributed by atoms with E-state index in [0.29, 0.717) is 17.2 Å². The average Bonchev–Trinajstić information content (AvgIpc) is 2.95. The Morgan fingerprint density at radius 3 is 2.39 bits per heavy atom. The Morgan fingerprint density at radius 2 is 1.65 bits per heavy atom. The molecule has 160 valence electrons. The van der Waals surface area contributed by atoms with E-state index in [2.05, 4.69) is 0 Å². The molecule has 0 aliphatic carbocycles. The molecule has 0 atom stereocenters. The third-order valence-corrected chi connectivity index (χ3v) is 6.24. The van der Waals surface area contributed by atoms with Crippen molar-refractivity contribution in [2.75, 3.05) is 23.7 Å². The third-order valence-electron chi connectivity index (χ3n) is 5.06. The van der Waals surface area contributed by atoms with Gasteiger partial charge in [0.2, 0.25) is 10.0 Å². The van der Waals surface area contributed by atoms with E-state index in [-0.39, 0.29) is 30.9 Å². The Morgan fingerprint density at radius 1 is 0.935 bits per heavy atom. The number of nitrogens with zero attached hydrogens (tertiary/aromatic N) is 2. The molecule has 1 aliphatic rings. The molecule has 4 rings (SSSR count). The van der Waals surface area contributed by atoms with E-state index in [1.54, 1.807) is 42.5 Å². The van der Waals surface area contributed by atoms with Gasteiger partial charge in [0.25, 0.3) is 5.91 Å². The maximum atomic E-state index is 13.3. The molecule has 1 aliphatic heterocycles. The van der Waals surface area contributed by atoms with Gasteiger partial charge in [-0.25, -0.2) is 8.42 Å². The molecule has 8 heteroatoms. The molecule has 0 bridgehead atoms. The minimum absolute atomic E-state index is 0.0960. The first kappa shape index (κ1) is 20.7. The summed E-state index contributed by atoms with van der Waals surface area (Å²) in [7, 11) is -3.50. The van der Waals surface area contributed by atoms with Crippen LogP contribution in [0.1, 0.15) is 15.9 Å². The molecule has 3 aromatic carbocycles. The highest BCUT2D eigenvalue weighted by molar-refractivity contribution is 7.92. The van der Waals surface area contributed by atoms with Crippen LogP contribution in [0.15, 0.2) is 72.8 Å². The summed E-state index contributed by atoms with van der Waals surface area (Å²) in [6.07, 6.45) is 1.15. The largest absolute Gasteiger partial charge is 0.507 e. The van der Waals surface area contributed by atoms with Crippen LogP contribution in [-0.4, -0.2) is 43.7 Å². The van der Waals surface area contributed by atoms with Crippen molar-refractivity contribution in [3.05, 3.63) is 83.9 Å². The molecule has 0 saturated heterocycles. The number of phenolic OH excluding ortho intramolecular Hbond substituents is 1. The summed E-state index contributed by atoms with van der Waals surface area (Å²) in [5.41, 5.74) is 1.37. The van der Waals surface area contributed by atoms with Crippen molar-refractivity contribution < 1.29 is 23.1 Å². The number of rotatable bonds is 4. The summed E-state index contributed by atoms with van der Waals surface area (Å²) in [5, 5.41) is 10.3. The number of hydrogen-bond donors (Lipinski definition) is 1. The number of sulfonamides is 1. The number of hydrogen-bond acceptors (Lipinski definition) is 5. The Kier molecular flexibility index (Phi) is 5.56. The normalized spacial score (nSPS) is 14.0. The van der Waals surface area contributed by atoms with Crippen LogP contribution in [0.4, 0.5) is 5.69 Å². The predicted octanol–water partition coefficient (Wildman–Crippen LogP) is 3.61. The van der Waals surface area contributed by atoms with Crippen LogP contribution >= 0.6 is 0 Å². The predicted molar refractivity (Wildman–Crippen MR) is 118 cm³/mol. The molecule has 3 aromatic rings. The second-order valence-electron chi connectivity index (χ2n) is 7.28. The summed E-state index contributed by atoms with van der Waals surface area (Å²) >= 11 is 0. The van der Waals surface area contributed by atoms with E-state index in [1.165, 1.54) is 21.3 Å². The van der Waals surface area contributed by atoms with Gasteiger partial charge in [-0.05, 0) is 42.0 Å². The zero-order valence-corrected chi connectivity index (χ0v) is 17.7. The fourth-order valence-corrected chi connectivity index (χ4v) is 4.52. The lowest BCUT2D eigenvalue weighted by molar-refractivity contribution is 0.0748. The van der Waals surface area contributed by atoms with Crippen LogP contribution in [0, 0.1) is 0 Å². The van der Waals surface area contributed by atoms with Gasteiger partial charge in [-0.15, -0.1) is 0 Å². The highest BCUT2D eigenvalue weighted by atomic mass is 32.2. The van der Waals surface area contributed by atoms with Gasteiger partial charge in [0.15, 0.2) is 0 Å². The van der Waals surface area contributed by atoms with E-state index >= 15 is 0 Å². The summed E-state index contributed by atoms with van der Waals surface area (Å²) < 4.78 is 31.7. The van der Waals surface area contributed by atoms with Crippen molar-refractivity contribution in [3.63, 3.8) is 0 Å². The van der Waals surface area contributed by atoms with Crippen molar-refractivity contribution in [2.45, 2.75) is 6.54 Å². The average molecular weight is 439 g/mol. The van der Waals surface area contributed by atoms with Crippen molar-refractivity contribution in [1.82, 2.24) is 4.90 Å². The van der Waals surface area contributed by atoms with Crippen molar-refractivity contribution in [2.24, 2.45) is 0 Å². The topological polar surface area (TPSA) is 87.2 Å². The molecule has 0 unspecified atom stereocenters. The lowest BCUT2D eigenvalue weighted by Crippen LogP contribution is -2.37. The third kappa shape index (κ3) is 4.49. The van der Waals surface area contributed by atoms with Gasteiger partial charge < -0.3 is 14.7 Å². The monoisotopic (exact) mass is 438 g/mol. The van der Waals surface area contributed by atoms with Crippen LogP contribution in [0.5, 0.6) is 17.2 Å². The molecule has 1 amide bonds. The number of carbonyl (C=O) groups excluding carboxylic acids is 1. The molecule has 0 aromatic heterocycles. The summed E-state index contributed by atoms with van der Waals surface area (Å²) in [5.74, 6) is 0.462. The quantitative estimate of drug-likeness (QED) is 0.673. The molecule has 0 fully saturated rings. The lowest BCUT2D eigenvalue weighted by Gasteiger charge is -2.23. The number of benzene rings is 3. The van der Waals surface area contributed by atoms with E-state index in [0.717, 1.165) is 11.8 Å². The molecule has 1 N–H and O–H groups in total. The van der Waals surface area contributed by atoms with Gasteiger partial charge in [0.05, 0.1) is 24.1 Å². The second kappa shape index (κ2) is 8.31. The molecule has 7 nitrogen and oxygen atoms in total. The fraction of sp³-hybridized carbons (Fsp3) is 0.174. The number of phenols is 1. The minimum atomic E-state index is -3.50. The van der Waals surface area contributed by atoms with Crippen LogP contribution in [0.2, 0.25) is 0 Å². The van der Waals surface area contributed by atoms with Crippen molar-refractivity contribution in [1.29, 1.82) is 0 Å². The molecular weight excluding hydrogens is 416 g/mol. The van der Waals surface area contributed by atoms with Gasteiger partial charge in [-0.1, -0.05) is 36.4 Å². The maximum absolute atomic E-state index is 13.3. The number of para-hydroxylation sites is 2. The standard InChI is InChI=1S/C23H22N2O5S/c1-31(28,29)25-14-13-24(16-17-7-5-6-10-21(17)25)23(27)20-15-19(11-12-22(20)26)30-18-8-3-2-4-9-18/h2-12,15,26H,13-14,16H2,1H3. The zero-order chi connectivity index (χ0) is 22.0. The number of anilines is 1. The van der Waals surface area contributed by atoms with Gasteiger partial charge >= 0.3 is 0 Å². The Hall–Kier alpha value is -3.52. The Bertz CT molecular complexity index is 1210. The van der Waals surface area contributed by atoms with E-state index in [1.807, 2.05) is 18.2 Å². The van der Waals surface area contributed by atoms with Crippen LogP contribution in [0.3, 0.4) is 0 Å². The van der Waals surface area contributed by atoms with Gasteiger partial charge in [0.1, 0.15) is 17.2 Å². The molecule has 31 heavy (non-hydrogen) atoms. The highest BCUT2D eigenvalue weighted by Crippen LogP contribution is 2.31. The van der Waals surface area contributed by atoms with Crippen LogP contribution in [0.25, 0.3) is 0 Å². The highest BCUT2D eigenvalue weighted by Gasteiger charge is 2.29. The maximum Gasteiger partial charge on any atom is 0.258 e. The molecule has 0 saturated carbocycles. The number of ether oxygens (including phenoxy) is 1. The molecule has 1 heterocycles. The molecular formula is C23H22N2O5S. The SMILES string of the molecule is CS(=O)(=O)N1CCN(C(=O)c2cc(Oc3ccccc3)ccc2O)Cc2ccccc21. The second-order valence-corrected chi connectivity index (χ2v) is 9.19. The van der Waals surface area contributed by atoms with Gasteiger partial charge in [-0.3, -0.25) is 9.10 Å². The van der Waals surface area contributed by atoms with Crippen LogP contribution in [-0.2, 0) is 16.6 Å². The number of amides is 1. The number of carbonyl (C=O) groups is 1. The van der Waals surface area contributed by atoms with Gasteiger partial charge in [-0.2, -0.15) is 0 Å². The minimum Gasteiger partial charge on any atom is -0.507 e. The molecule has 0 spiro atoms. The Labute approximate surface area is 181 Å². The first-order chi connectivity index (χ1) is 14.8. The molecule has 0 radical (unpaired) electrons. The van der Waals surface area contributed by atoms with Crippen LogP contribution < -0.4 is 9.04 Å². The van der Waals surface area contributed by atoms with E-state index in [4.69, 9.17) is 4.74 Å². The first-order valence-corrected chi connectivity index (χ1v) is 11.6. The lowest BCUT2D eigenvalue weighted by atomic mass is 10.1. The van der Waals surface area contributed by atoms with Crippen molar-refractivity contribution >= 4 is 21.6 Å². The van der Waals surface area contributed by atoms with E-state index in [9.17, 15) is 18.3 Å². The summed E-state index contributed by atoms with van der Waals surface area (Å²) in [4.78, 5) is 14.8. The number of fused-ring (bicyclic) bond motifs is 1. The smallest absolute Gasteiger partial charge is 0.258 e. The zero-order valence-electron chi connectivity index (χ0n) is 16.9. The number of aromatic hydroxyl groups is 1. The Balaban J connectivity index is 1.63. The summed E-state index contributed by atoms with van der Waals surface area (Å²) in [6, 6.07) is 20.7.